The average molecular weight is 212 g/mol. The van der Waals surface area contributed by atoms with E-state index in [-0.39, 0.29) is 12.4 Å². The van der Waals surface area contributed by atoms with Crippen molar-refractivity contribution in [2.24, 2.45) is 11.7 Å². The highest BCUT2D eigenvalue weighted by Crippen LogP contribution is 2.26. The topological polar surface area (TPSA) is 63.3 Å². The van der Waals surface area contributed by atoms with Crippen LogP contribution in [0.1, 0.15) is 12.8 Å². The second-order valence-electron chi connectivity index (χ2n) is 2.91. The van der Waals surface area contributed by atoms with Gasteiger partial charge in [-0.25, -0.2) is 0 Å². The molecule has 0 saturated carbocycles. The van der Waals surface area contributed by atoms with Crippen molar-refractivity contribution in [3.8, 4) is 0 Å². The molecule has 0 aromatic rings. The van der Waals surface area contributed by atoms with E-state index in [2.05, 4.69) is 0 Å². The quantitative estimate of drug-likeness (QED) is 0.730. The average Bonchev–Trinajstić information content (AvgIpc) is 2.39. The molecule has 0 aromatic heterocycles. The zero-order valence-electron chi connectivity index (χ0n) is 6.73. The predicted octanol–water partition coefficient (Wildman–Crippen LogP) is 0.963. The van der Waals surface area contributed by atoms with Gasteiger partial charge in [-0.05, 0) is 30.3 Å². The molecule has 2 unspecified atom stereocenters. The summed E-state index contributed by atoms with van der Waals surface area (Å²) in [6.45, 7) is 0. The van der Waals surface area contributed by atoms with Crippen LogP contribution in [0.25, 0.3) is 0 Å². The molecule has 0 spiro atoms. The van der Waals surface area contributed by atoms with Gasteiger partial charge in [-0.2, -0.15) is 11.8 Å². The van der Waals surface area contributed by atoms with Crippen molar-refractivity contribution in [3.63, 3.8) is 0 Å². The predicted molar refractivity (Wildman–Crippen MR) is 52.9 cm³/mol. The number of nitrogens with two attached hydrogens (primary N) is 1. The Morgan fingerprint density at radius 3 is 2.83 bits per heavy atom. The lowest BCUT2D eigenvalue weighted by molar-refractivity contribution is -0.138. The Hall–Kier alpha value is 0.0700. The molecule has 12 heavy (non-hydrogen) atoms. The second-order valence-corrected chi connectivity index (χ2v) is 4.06. The van der Waals surface area contributed by atoms with E-state index >= 15 is 0 Å². The molecule has 72 valence electrons. The van der Waals surface area contributed by atoms with Crippen LogP contribution in [0.2, 0.25) is 0 Å². The molecule has 5 heteroatoms. The maximum Gasteiger partial charge on any atom is 0.320 e. The summed E-state index contributed by atoms with van der Waals surface area (Å²) in [6.07, 6.45) is 1.77. The first-order valence-corrected chi connectivity index (χ1v) is 4.91. The Bertz CT molecular complexity index is 150. The summed E-state index contributed by atoms with van der Waals surface area (Å²) in [6, 6.07) is -0.654. The molecule has 3 nitrogen and oxygen atoms in total. The van der Waals surface area contributed by atoms with E-state index in [1.807, 2.05) is 11.8 Å². The van der Waals surface area contributed by atoms with E-state index in [0.29, 0.717) is 12.3 Å². The summed E-state index contributed by atoms with van der Waals surface area (Å²) in [5.41, 5.74) is 5.39. The fourth-order valence-corrected chi connectivity index (χ4v) is 2.53. The first kappa shape index (κ1) is 12.1. The zero-order valence-corrected chi connectivity index (χ0v) is 8.37. The van der Waals surface area contributed by atoms with Crippen LogP contribution in [0.3, 0.4) is 0 Å². The fourth-order valence-electron chi connectivity index (χ4n) is 1.23. The summed E-state index contributed by atoms with van der Waals surface area (Å²) < 4.78 is 0. The van der Waals surface area contributed by atoms with Gasteiger partial charge >= 0.3 is 5.97 Å². The summed E-state index contributed by atoms with van der Waals surface area (Å²) in [7, 11) is 0. The molecule has 1 fully saturated rings. The van der Waals surface area contributed by atoms with Crippen molar-refractivity contribution < 1.29 is 9.90 Å². The van der Waals surface area contributed by atoms with Gasteiger partial charge in [0.05, 0.1) is 0 Å². The van der Waals surface area contributed by atoms with Crippen LogP contribution in [-0.4, -0.2) is 28.6 Å². The van der Waals surface area contributed by atoms with E-state index in [1.165, 1.54) is 0 Å². The van der Waals surface area contributed by atoms with Gasteiger partial charge < -0.3 is 10.8 Å². The fraction of sp³-hybridized carbons (Fsp3) is 0.857. The molecule has 0 aromatic carbocycles. The Balaban J connectivity index is 0.00000121. The van der Waals surface area contributed by atoms with Crippen molar-refractivity contribution in [3.05, 3.63) is 0 Å². The van der Waals surface area contributed by atoms with Crippen molar-refractivity contribution in [1.29, 1.82) is 0 Å². The Morgan fingerprint density at radius 1 is 1.75 bits per heavy atom. The molecule has 1 aliphatic rings. The number of aliphatic carboxylic acids is 1. The first-order valence-electron chi connectivity index (χ1n) is 3.76. The van der Waals surface area contributed by atoms with Crippen LogP contribution in [0.15, 0.2) is 0 Å². The number of halogens is 1. The number of rotatable bonds is 3. The van der Waals surface area contributed by atoms with Gasteiger partial charge in [0.1, 0.15) is 6.04 Å². The third-order valence-corrected chi connectivity index (χ3v) is 3.16. The minimum absolute atomic E-state index is 0. The lowest BCUT2D eigenvalue weighted by Crippen LogP contribution is -2.32. The van der Waals surface area contributed by atoms with Crippen LogP contribution < -0.4 is 5.73 Å². The van der Waals surface area contributed by atoms with Crippen molar-refractivity contribution >= 4 is 30.1 Å². The molecule has 2 atom stereocenters. The first-order chi connectivity index (χ1) is 5.20. The van der Waals surface area contributed by atoms with Crippen LogP contribution >= 0.6 is 24.2 Å². The molecule has 3 N–H and O–H groups in total. The van der Waals surface area contributed by atoms with Crippen molar-refractivity contribution in [2.75, 3.05) is 11.5 Å². The van der Waals surface area contributed by atoms with E-state index in [1.54, 1.807) is 0 Å². The van der Waals surface area contributed by atoms with Crippen molar-refractivity contribution in [2.45, 2.75) is 18.9 Å². The highest BCUT2D eigenvalue weighted by molar-refractivity contribution is 7.99. The monoisotopic (exact) mass is 211 g/mol. The molecule has 0 aliphatic carbocycles. The number of carbonyl (C=O) groups is 1. The van der Waals surface area contributed by atoms with Gasteiger partial charge in [0, 0.05) is 0 Å². The van der Waals surface area contributed by atoms with E-state index in [0.717, 1.165) is 17.9 Å². The van der Waals surface area contributed by atoms with Gasteiger partial charge in [-0.1, -0.05) is 0 Å². The Kier molecular flexibility index (Phi) is 5.70. The van der Waals surface area contributed by atoms with E-state index < -0.39 is 12.0 Å². The number of carboxylic acid groups (broad SMARTS) is 1. The summed E-state index contributed by atoms with van der Waals surface area (Å²) in [5.74, 6) is 1.91. The van der Waals surface area contributed by atoms with E-state index in [9.17, 15) is 4.79 Å². The maximum atomic E-state index is 10.4. The molecule has 0 amide bonds. The summed E-state index contributed by atoms with van der Waals surface area (Å²) >= 11 is 1.89. The van der Waals surface area contributed by atoms with Gasteiger partial charge in [0.2, 0.25) is 0 Å². The van der Waals surface area contributed by atoms with Crippen LogP contribution in [0.5, 0.6) is 0 Å². The molecule has 1 aliphatic heterocycles. The van der Waals surface area contributed by atoms with Crippen LogP contribution in [0, 0.1) is 5.92 Å². The SMILES string of the molecule is Cl.NC(CC1CCSC1)C(=O)O. The number of carboxylic acids is 1. The molecule has 1 rings (SSSR count). The lowest BCUT2D eigenvalue weighted by atomic mass is 10.0. The van der Waals surface area contributed by atoms with Crippen molar-refractivity contribution in [1.82, 2.24) is 0 Å². The maximum absolute atomic E-state index is 10.4. The van der Waals surface area contributed by atoms with Crippen LogP contribution in [-0.2, 0) is 4.79 Å². The van der Waals surface area contributed by atoms with Crippen LogP contribution in [0.4, 0.5) is 0 Å². The van der Waals surface area contributed by atoms with E-state index in [4.69, 9.17) is 10.8 Å². The molecular formula is C7H14ClNO2S. The molecule has 1 heterocycles. The normalized spacial score (nSPS) is 24.6. The third-order valence-electron chi connectivity index (χ3n) is 1.93. The third kappa shape index (κ3) is 3.65. The van der Waals surface area contributed by atoms with Gasteiger partial charge in [-0.15, -0.1) is 12.4 Å². The molecule has 0 radical (unpaired) electrons. The van der Waals surface area contributed by atoms with Gasteiger partial charge in [-0.3, -0.25) is 4.79 Å². The summed E-state index contributed by atoms with van der Waals surface area (Å²) in [5, 5.41) is 8.51. The lowest BCUT2D eigenvalue weighted by Gasteiger charge is -2.10. The standard InChI is InChI=1S/C7H13NO2S.ClH/c8-6(7(9)10)3-5-1-2-11-4-5;/h5-6H,1-4,8H2,(H,9,10);1H. The smallest absolute Gasteiger partial charge is 0.320 e. The second kappa shape index (κ2) is 5.67. The molecular weight excluding hydrogens is 198 g/mol. The zero-order chi connectivity index (χ0) is 8.27. The largest absolute Gasteiger partial charge is 0.480 e. The van der Waals surface area contributed by atoms with Gasteiger partial charge in [0.25, 0.3) is 0 Å². The minimum atomic E-state index is -0.873. The number of thioether (sulfide) groups is 1. The highest BCUT2D eigenvalue weighted by atomic mass is 35.5. The highest BCUT2D eigenvalue weighted by Gasteiger charge is 2.21. The van der Waals surface area contributed by atoms with Gasteiger partial charge in [0.15, 0.2) is 0 Å². The Labute approximate surface area is 82.5 Å². The minimum Gasteiger partial charge on any atom is -0.480 e. The summed E-state index contributed by atoms with van der Waals surface area (Å²) in [4.78, 5) is 10.4. The Morgan fingerprint density at radius 2 is 2.42 bits per heavy atom. The molecule has 0 bridgehead atoms. The number of hydrogen-bond donors (Lipinski definition) is 2. The molecule has 1 saturated heterocycles. The number of hydrogen-bond acceptors (Lipinski definition) is 3.